The van der Waals surface area contributed by atoms with Gasteiger partial charge < -0.3 is 5.73 Å². The van der Waals surface area contributed by atoms with Crippen molar-refractivity contribution in [2.24, 2.45) is 17.6 Å². The molecule has 1 aliphatic heterocycles. The van der Waals surface area contributed by atoms with Crippen molar-refractivity contribution in [2.45, 2.75) is 25.3 Å². The third-order valence-electron chi connectivity index (χ3n) is 5.29. The maximum Gasteiger partial charge on any atom is 0.0485 e. The van der Waals surface area contributed by atoms with Gasteiger partial charge in [-0.3, -0.25) is 4.90 Å². The highest BCUT2D eigenvalue weighted by Crippen LogP contribution is 2.42. The molecule has 1 saturated carbocycles. The minimum Gasteiger partial charge on any atom is -0.329 e. The van der Waals surface area contributed by atoms with Gasteiger partial charge in [0.25, 0.3) is 0 Å². The molecule has 20 heavy (non-hydrogen) atoms. The topological polar surface area (TPSA) is 29.3 Å². The largest absolute Gasteiger partial charge is 0.329 e. The molecule has 1 aromatic carbocycles. The molecule has 0 bridgehead atoms. The summed E-state index contributed by atoms with van der Waals surface area (Å²) in [7, 11) is 0. The molecular weight excluding hydrogens is 264 g/mol. The van der Waals surface area contributed by atoms with Gasteiger partial charge in [-0.15, -0.1) is 11.3 Å². The minimum atomic E-state index is 0.414. The van der Waals surface area contributed by atoms with Crippen LogP contribution in [0.15, 0.2) is 29.6 Å². The fourth-order valence-corrected chi connectivity index (χ4v) is 5.26. The molecule has 0 amide bonds. The van der Waals surface area contributed by atoms with Gasteiger partial charge in [0.1, 0.15) is 0 Å². The van der Waals surface area contributed by atoms with Crippen LogP contribution in [-0.2, 0) is 0 Å². The average molecular weight is 286 g/mol. The highest BCUT2D eigenvalue weighted by Gasteiger charge is 2.39. The lowest BCUT2D eigenvalue weighted by atomic mass is 10.0. The average Bonchev–Trinajstić information content (AvgIpc) is 3.14. The predicted molar refractivity (Wildman–Crippen MR) is 86.0 cm³/mol. The van der Waals surface area contributed by atoms with E-state index in [1.807, 2.05) is 11.3 Å². The molecule has 0 spiro atoms. The van der Waals surface area contributed by atoms with Crippen molar-refractivity contribution in [1.82, 2.24) is 4.90 Å². The van der Waals surface area contributed by atoms with E-state index < -0.39 is 0 Å². The molecule has 2 N–H and O–H groups in total. The molecule has 2 aliphatic rings. The number of rotatable bonds is 3. The van der Waals surface area contributed by atoms with Crippen LogP contribution in [-0.4, -0.2) is 24.5 Å². The molecule has 2 heterocycles. The second-order valence-corrected chi connectivity index (χ2v) is 7.25. The van der Waals surface area contributed by atoms with Gasteiger partial charge in [0.15, 0.2) is 0 Å². The molecular formula is C17H22N2S. The lowest BCUT2D eigenvalue weighted by Crippen LogP contribution is -2.32. The molecule has 3 heteroatoms. The Labute approximate surface area is 124 Å². The zero-order valence-electron chi connectivity index (χ0n) is 11.8. The number of fused-ring (bicyclic) bond motifs is 2. The number of nitrogens with two attached hydrogens (primary N) is 1. The summed E-state index contributed by atoms with van der Waals surface area (Å²) in [5, 5.41) is 3.74. The first-order valence-corrected chi connectivity index (χ1v) is 8.65. The van der Waals surface area contributed by atoms with Crippen molar-refractivity contribution < 1.29 is 0 Å². The zero-order valence-corrected chi connectivity index (χ0v) is 12.6. The zero-order chi connectivity index (χ0) is 13.5. The van der Waals surface area contributed by atoms with Gasteiger partial charge in [-0.25, -0.2) is 0 Å². The van der Waals surface area contributed by atoms with E-state index in [0.717, 1.165) is 18.4 Å². The van der Waals surface area contributed by atoms with Crippen LogP contribution in [0.4, 0.5) is 0 Å². The number of thiophene rings is 1. The van der Waals surface area contributed by atoms with E-state index in [1.165, 1.54) is 48.0 Å². The summed E-state index contributed by atoms with van der Waals surface area (Å²) in [4.78, 5) is 2.66. The molecule has 1 aliphatic carbocycles. The Morgan fingerprint density at radius 3 is 2.70 bits per heavy atom. The van der Waals surface area contributed by atoms with E-state index in [1.54, 1.807) is 0 Å². The summed E-state index contributed by atoms with van der Waals surface area (Å²) in [5.74, 6) is 1.88. The van der Waals surface area contributed by atoms with Gasteiger partial charge >= 0.3 is 0 Å². The van der Waals surface area contributed by atoms with Crippen molar-refractivity contribution in [1.29, 1.82) is 0 Å². The van der Waals surface area contributed by atoms with Gasteiger partial charge in [0.2, 0.25) is 0 Å². The maximum atomic E-state index is 6.15. The van der Waals surface area contributed by atoms with Crippen LogP contribution < -0.4 is 5.73 Å². The Balaban J connectivity index is 1.65. The second-order valence-electron chi connectivity index (χ2n) is 6.34. The normalized spacial score (nSPS) is 28.1. The maximum absolute atomic E-state index is 6.15. The second kappa shape index (κ2) is 5.14. The number of nitrogens with zero attached hydrogens (tertiary/aromatic N) is 1. The smallest absolute Gasteiger partial charge is 0.0485 e. The highest BCUT2D eigenvalue weighted by molar-refractivity contribution is 7.17. The molecule has 1 saturated heterocycles. The molecule has 3 unspecified atom stereocenters. The summed E-state index contributed by atoms with van der Waals surface area (Å²) >= 11 is 1.86. The quantitative estimate of drug-likeness (QED) is 0.933. The lowest BCUT2D eigenvalue weighted by Gasteiger charge is -2.27. The number of benzene rings is 1. The van der Waals surface area contributed by atoms with Gasteiger partial charge in [-0.2, -0.15) is 0 Å². The van der Waals surface area contributed by atoms with E-state index >= 15 is 0 Å². The first-order chi connectivity index (χ1) is 9.86. The monoisotopic (exact) mass is 286 g/mol. The predicted octanol–water partition coefficient (Wildman–Crippen LogP) is 3.63. The van der Waals surface area contributed by atoms with Crippen LogP contribution in [0.1, 0.15) is 30.9 Å². The standard InChI is InChI=1S/C17H22N2S/c18-8-16(19-9-12-4-3-5-13(12)10-19)15-11-20-17-7-2-1-6-14(15)17/h1-2,6-7,11-13,16H,3-5,8-10,18H2. The summed E-state index contributed by atoms with van der Waals surface area (Å²) in [6.07, 6.45) is 4.31. The molecule has 2 aromatic rings. The van der Waals surface area contributed by atoms with Gasteiger partial charge in [0.05, 0.1) is 0 Å². The molecule has 4 rings (SSSR count). The number of hydrogen-bond donors (Lipinski definition) is 1. The molecule has 106 valence electrons. The van der Waals surface area contributed by atoms with E-state index in [2.05, 4.69) is 34.5 Å². The van der Waals surface area contributed by atoms with Crippen molar-refractivity contribution in [3.63, 3.8) is 0 Å². The van der Waals surface area contributed by atoms with E-state index in [0.29, 0.717) is 6.04 Å². The van der Waals surface area contributed by atoms with Crippen LogP contribution in [0.3, 0.4) is 0 Å². The summed E-state index contributed by atoms with van der Waals surface area (Å²) in [6, 6.07) is 9.15. The molecule has 2 fully saturated rings. The Morgan fingerprint density at radius 1 is 1.20 bits per heavy atom. The van der Waals surface area contributed by atoms with Crippen LogP contribution in [0.25, 0.3) is 10.1 Å². The van der Waals surface area contributed by atoms with Crippen molar-refractivity contribution >= 4 is 21.4 Å². The van der Waals surface area contributed by atoms with E-state index in [9.17, 15) is 0 Å². The highest BCUT2D eigenvalue weighted by atomic mass is 32.1. The lowest BCUT2D eigenvalue weighted by molar-refractivity contribution is 0.233. The molecule has 2 nitrogen and oxygen atoms in total. The van der Waals surface area contributed by atoms with Crippen LogP contribution in [0.5, 0.6) is 0 Å². The van der Waals surface area contributed by atoms with Gasteiger partial charge in [-0.1, -0.05) is 24.6 Å². The van der Waals surface area contributed by atoms with Crippen LogP contribution in [0.2, 0.25) is 0 Å². The first kappa shape index (κ1) is 12.8. The third kappa shape index (κ3) is 2.00. The number of hydrogen-bond acceptors (Lipinski definition) is 3. The number of likely N-dealkylation sites (tertiary alicyclic amines) is 1. The van der Waals surface area contributed by atoms with Crippen molar-refractivity contribution in [2.75, 3.05) is 19.6 Å². The van der Waals surface area contributed by atoms with Gasteiger partial charge in [0, 0.05) is 30.4 Å². The summed E-state index contributed by atoms with van der Waals surface area (Å²) < 4.78 is 1.39. The fraction of sp³-hybridized carbons (Fsp3) is 0.529. The van der Waals surface area contributed by atoms with Crippen molar-refractivity contribution in [3.8, 4) is 0 Å². The Kier molecular flexibility index (Phi) is 3.29. The Bertz CT molecular complexity index is 594. The SMILES string of the molecule is NCC(c1csc2ccccc12)N1CC2CCCC2C1. The van der Waals surface area contributed by atoms with Gasteiger partial charge in [-0.05, 0) is 47.1 Å². The van der Waals surface area contributed by atoms with E-state index in [-0.39, 0.29) is 0 Å². The Hall–Kier alpha value is -0.900. The van der Waals surface area contributed by atoms with Crippen LogP contribution >= 0.6 is 11.3 Å². The fourth-order valence-electron chi connectivity index (χ4n) is 4.25. The first-order valence-electron chi connectivity index (χ1n) is 7.77. The molecule has 3 atom stereocenters. The third-order valence-corrected chi connectivity index (χ3v) is 6.27. The minimum absolute atomic E-state index is 0.414. The van der Waals surface area contributed by atoms with Crippen LogP contribution in [0, 0.1) is 11.8 Å². The Morgan fingerprint density at radius 2 is 1.95 bits per heavy atom. The van der Waals surface area contributed by atoms with E-state index in [4.69, 9.17) is 5.73 Å². The molecule has 1 aromatic heterocycles. The summed E-state index contributed by atoms with van der Waals surface area (Å²) in [5.41, 5.74) is 7.60. The molecule has 0 radical (unpaired) electrons. The van der Waals surface area contributed by atoms with Crippen molar-refractivity contribution in [3.05, 3.63) is 35.2 Å². The summed E-state index contributed by atoms with van der Waals surface area (Å²) in [6.45, 7) is 3.26.